The molecule has 0 saturated heterocycles. The van der Waals surface area contributed by atoms with E-state index in [1.165, 1.54) is 26.4 Å². The number of imidazole rings is 1. The van der Waals surface area contributed by atoms with E-state index in [0.29, 0.717) is 22.5 Å². The van der Waals surface area contributed by atoms with Crippen LogP contribution in [0.25, 0.3) is 17.2 Å². The topological polar surface area (TPSA) is 121 Å². The first kappa shape index (κ1) is 27.6. The third-order valence-corrected chi connectivity index (χ3v) is 6.95. The summed E-state index contributed by atoms with van der Waals surface area (Å²) in [5.41, 5.74) is 5.18. The van der Waals surface area contributed by atoms with Gasteiger partial charge in [0, 0.05) is 31.3 Å². The number of hydrogen-bond acceptors (Lipinski definition) is 7. The maximum atomic E-state index is 14.7. The Morgan fingerprint density at radius 2 is 1.88 bits per heavy atom. The molecular weight excluding hydrogens is 525 g/mol. The normalized spacial score (nSPS) is 14.2. The third-order valence-electron chi connectivity index (χ3n) is 6.95. The predicted octanol–water partition coefficient (Wildman–Crippen LogP) is 4.47. The van der Waals surface area contributed by atoms with Crippen molar-refractivity contribution in [2.75, 3.05) is 14.2 Å². The first-order valence-electron chi connectivity index (χ1n) is 13.0. The predicted molar refractivity (Wildman–Crippen MR) is 153 cm³/mol. The highest BCUT2D eigenvalue weighted by Gasteiger charge is 2.33. The second kappa shape index (κ2) is 12.1. The zero-order chi connectivity index (χ0) is 28.9. The molecule has 2 aromatic heterocycles. The first-order valence-corrected chi connectivity index (χ1v) is 13.0. The lowest BCUT2D eigenvalue weighted by atomic mass is 9.97. The van der Waals surface area contributed by atoms with Gasteiger partial charge in [-0.15, -0.1) is 0 Å². The number of nitrogens with zero attached hydrogens (tertiary/aromatic N) is 2. The number of carbonyl (C=O) groups excluding carboxylic acids is 1. The molecule has 9 nitrogen and oxygen atoms in total. The number of phenolic OH excluding ortho intramolecular Hbond substituents is 1. The Labute approximate surface area is 236 Å². The van der Waals surface area contributed by atoms with Crippen LogP contribution in [0.2, 0.25) is 0 Å². The van der Waals surface area contributed by atoms with Crippen LogP contribution in [0.3, 0.4) is 0 Å². The molecule has 4 N–H and O–H groups in total. The van der Waals surface area contributed by atoms with Gasteiger partial charge in [0.15, 0.2) is 11.5 Å². The Hall–Kier alpha value is -4.96. The summed E-state index contributed by atoms with van der Waals surface area (Å²) >= 11 is 0. The summed E-state index contributed by atoms with van der Waals surface area (Å²) in [6.07, 6.45) is 8.61. The Morgan fingerprint density at radius 1 is 1.10 bits per heavy atom. The van der Waals surface area contributed by atoms with Gasteiger partial charge >= 0.3 is 0 Å². The lowest BCUT2D eigenvalue weighted by Gasteiger charge is -2.21. The number of aromatic amines is 1. The quantitative estimate of drug-likeness (QED) is 0.228. The van der Waals surface area contributed by atoms with Crippen LogP contribution < -0.4 is 20.1 Å². The Balaban J connectivity index is 1.58. The van der Waals surface area contributed by atoms with Crippen LogP contribution in [0.15, 0.2) is 72.8 Å². The van der Waals surface area contributed by atoms with Gasteiger partial charge in [-0.3, -0.25) is 15.1 Å². The van der Waals surface area contributed by atoms with Crippen LogP contribution in [-0.2, 0) is 17.9 Å². The molecule has 4 aromatic rings. The standard InChI is InChI=1S/C31H30FN5O4/c1-18-23(11-20-12-25(40-2)30(38)26(13-20)41-3)22-7-6-21(32)14-24(22)28(18)29(36-17-27-34-9-10-35-27)31(39)37-16-19-5-4-8-33-15-19/h4-15,29,36,38H,16-17H2,1-3H3,(H,34,35)(H,37,39). The molecule has 10 heteroatoms. The van der Waals surface area contributed by atoms with Crippen LogP contribution in [0.5, 0.6) is 17.2 Å². The van der Waals surface area contributed by atoms with Gasteiger partial charge in [-0.05, 0) is 82.3 Å². The van der Waals surface area contributed by atoms with E-state index < -0.39 is 11.9 Å². The number of nitrogens with one attached hydrogen (secondary N) is 3. The molecule has 1 aliphatic rings. The maximum absolute atomic E-state index is 14.7. The number of aromatic hydroxyl groups is 1. The fraction of sp³-hybridized carbons (Fsp3) is 0.194. The van der Waals surface area contributed by atoms with Gasteiger partial charge in [-0.2, -0.15) is 0 Å². The Bertz CT molecular complexity index is 1590. The molecule has 1 aliphatic carbocycles. The van der Waals surface area contributed by atoms with Gasteiger partial charge < -0.3 is 24.9 Å². The van der Waals surface area contributed by atoms with E-state index in [-0.39, 0.29) is 36.2 Å². The molecule has 1 amide bonds. The molecule has 1 atom stereocenters. The van der Waals surface area contributed by atoms with Gasteiger partial charge in [-0.1, -0.05) is 12.1 Å². The molecule has 0 radical (unpaired) electrons. The monoisotopic (exact) mass is 555 g/mol. The summed E-state index contributed by atoms with van der Waals surface area (Å²) < 4.78 is 25.3. The molecule has 2 heterocycles. The van der Waals surface area contributed by atoms with Crippen LogP contribution in [0, 0.1) is 5.82 Å². The van der Waals surface area contributed by atoms with Crippen LogP contribution >= 0.6 is 0 Å². The average Bonchev–Trinajstić information content (AvgIpc) is 3.60. The van der Waals surface area contributed by atoms with E-state index in [4.69, 9.17) is 9.47 Å². The second-order valence-electron chi connectivity index (χ2n) is 9.49. The van der Waals surface area contributed by atoms with Crippen molar-refractivity contribution in [2.24, 2.45) is 0 Å². The summed E-state index contributed by atoms with van der Waals surface area (Å²) in [5, 5.41) is 16.7. The number of allylic oxidation sites excluding steroid dienone is 2. The zero-order valence-corrected chi connectivity index (χ0v) is 22.9. The van der Waals surface area contributed by atoms with Crippen molar-refractivity contribution in [3.8, 4) is 17.2 Å². The molecule has 41 heavy (non-hydrogen) atoms. The van der Waals surface area contributed by atoms with E-state index in [1.54, 1.807) is 49.1 Å². The molecule has 0 spiro atoms. The summed E-state index contributed by atoms with van der Waals surface area (Å²) in [5.74, 6) is 0.366. The van der Waals surface area contributed by atoms with Crippen molar-refractivity contribution in [3.05, 3.63) is 107 Å². The van der Waals surface area contributed by atoms with E-state index in [2.05, 4.69) is 25.6 Å². The van der Waals surface area contributed by atoms with Crippen LogP contribution in [0.1, 0.15) is 35.0 Å². The fourth-order valence-electron chi connectivity index (χ4n) is 4.96. The van der Waals surface area contributed by atoms with E-state index in [0.717, 1.165) is 22.3 Å². The Kier molecular flexibility index (Phi) is 8.11. The number of amides is 1. The van der Waals surface area contributed by atoms with Crippen molar-refractivity contribution in [3.63, 3.8) is 0 Å². The summed E-state index contributed by atoms with van der Waals surface area (Å²) in [4.78, 5) is 25.2. The number of pyridine rings is 1. The van der Waals surface area contributed by atoms with E-state index in [1.807, 2.05) is 19.1 Å². The van der Waals surface area contributed by atoms with E-state index >= 15 is 0 Å². The number of phenols is 1. The SMILES string of the molecule is COc1cc(C=C2C(C)=C(C(NCc3ncc[nH]3)C(=O)NCc3cccnc3)c3cc(F)ccc32)cc(OC)c1O. The van der Waals surface area contributed by atoms with Crippen molar-refractivity contribution in [1.82, 2.24) is 25.6 Å². The Morgan fingerprint density at radius 3 is 2.54 bits per heavy atom. The molecule has 5 rings (SSSR count). The molecule has 0 bridgehead atoms. The van der Waals surface area contributed by atoms with Gasteiger partial charge in [0.05, 0.1) is 20.8 Å². The van der Waals surface area contributed by atoms with Crippen molar-refractivity contribution >= 4 is 23.1 Å². The minimum Gasteiger partial charge on any atom is -0.502 e. The number of carbonyl (C=O) groups is 1. The first-order chi connectivity index (χ1) is 19.9. The lowest BCUT2D eigenvalue weighted by Crippen LogP contribution is -2.44. The van der Waals surface area contributed by atoms with Crippen molar-refractivity contribution in [2.45, 2.75) is 26.1 Å². The average molecular weight is 556 g/mol. The highest BCUT2D eigenvalue weighted by atomic mass is 19.1. The van der Waals surface area contributed by atoms with Crippen molar-refractivity contribution < 1.29 is 23.8 Å². The minimum atomic E-state index is -0.827. The molecular formula is C31H30FN5O4. The third kappa shape index (κ3) is 5.82. The molecule has 0 aliphatic heterocycles. The molecule has 210 valence electrons. The number of aromatic nitrogens is 3. The lowest BCUT2D eigenvalue weighted by molar-refractivity contribution is -0.122. The summed E-state index contributed by atoms with van der Waals surface area (Å²) in [6.45, 7) is 2.47. The van der Waals surface area contributed by atoms with Gasteiger partial charge in [0.25, 0.3) is 0 Å². The number of methoxy groups -OCH3 is 2. The second-order valence-corrected chi connectivity index (χ2v) is 9.49. The zero-order valence-electron chi connectivity index (χ0n) is 22.9. The maximum Gasteiger partial charge on any atom is 0.242 e. The number of benzene rings is 2. The number of ether oxygens (including phenoxy) is 2. The number of halogens is 1. The van der Waals surface area contributed by atoms with Gasteiger partial charge in [0.1, 0.15) is 17.7 Å². The molecule has 0 saturated carbocycles. The van der Waals surface area contributed by atoms with Gasteiger partial charge in [-0.25, -0.2) is 9.37 Å². The number of rotatable bonds is 10. The van der Waals surface area contributed by atoms with Crippen LogP contribution in [0.4, 0.5) is 4.39 Å². The molecule has 1 unspecified atom stereocenters. The van der Waals surface area contributed by atoms with E-state index in [9.17, 15) is 14.3 Å². The number of fused-ring (bicyclic) bond motifs is 1. The summed E-state index contributed by atoms with van der Waals surface area (Å²) in [6, 6.07) is 10.8. The highest BCUT2D eigenvalue weighted by Crippen LogP contribution is 2.45. The highest BCUT2D eigenvalue weighted by molar-refractivity contribution is 6.11. The minimum absolute atomic E-state index is 0.105. The molecule has 2 aromatic carbocycles. The largest absolute Gasteiger partial charge is 0.502 e. The van der Waals surface area contributed by atoms with Crippen molar-refractivity contribution in [1.29, 1.82) is 0 Å². The fourth-order valence-corrected chi connectivity index (χ4v) is 4.96. The number of H-pyrrole nitrogens is 1. The number of hydrogen-bond donors (Lipinski definition) is 4. The summed E-state index contributed by atoms with van der Waals surface area (Å²) in [7, 11) is 2.92. The van der Waals surface area contributed by atoms with Crippen LogP contribution in [-0.4, -0.2) is 46.2 Å². The van der Waals surface area contributed by atoms with Gasteiger partial charge in [0.2, 0.25) is 11.7 Å². The smallest absolute Gasteiger partial charge is 0.242 e. The molecule has 0 fully saturated rings.